The van der Waals surface area contributed by atoms with Crippen molar-refractivity contribution in [2.75, 3.05) is 25.0 Å². The second-order valence-corrected chi connectivity index (χ2v) is 14.9. The van der Waals surface area contributed by atoms with Gasteiger partial charge in [-0.1, -0.05) is 6.07 Å². The molecular formula is C35H46F4N6O5. The van der Waals surface area contributed by atoms with Crippen molar-refractivity contribution in [3.8, 4) is 0 Å². The Morgan fingerprint density at radius 2 is 1.60 bits per heavy atom. The van der Waals surface area contributed by atoms with E-state index >= 15 is 4.39 Å². The summed E-state index contributed by atoms with van der Waals surface area (Å²) in [6.07, 6.45) is -0.490. The zero-order chi connectivity index (χ0) is 36.7. The van der Waals surface area contributed by atoms with Crippen molar-refractivity contribution >= 4 is 29.5 Å². The Labute approximate surface area is 289 Å². The lowest BCUT2D eigenvalue weighted by molar-refractivity contribution is -0.200. The highest BCUT2D eigenvalue weighted by Gasteiger charge is 2.51. The third-order valence-electron chi connectivity index (χ3n) is 9.49. The fourth-order valence-electron chi connectivity index (χ4n) is 6.67. The number of anilines is 1. The van der Waals surface area contributed by atoms with Gasteiger partial charge in [0.05, 0.1) is 18.2 Å². The molecule has 2 N–H and O–H groups in total. The minimum Gasteiger partial charge on any atom is -0.444 e. The first-order chi connectivity index (χ1) is 23.4. The average molecular weight is 707 g/mol. The molecule has 3 fully saturated rings. The maximum Gasteiger partial charge on any atom is 0.410 e. The molecule has 2 heterocycles. The van der Waals surface area contributed by atoms with Crippen molar-refractivity contribution in [3.05, 3.63) is 47.5 Å². The molecule has 0 spiro atoms. The van der Waals surface area contributed by atoms with Gasteiger partial charge in [0.2, 0.25) is 11.8 Å². The fourth-order valence-corrected chi connectivity index (χ4v) is 6.67. The molecule has 3 aliphatic rings. The molecule has 274 valence electrons. The van der Waals surface area contributed by atoms with Gasteiger partial charge in [-0.15, -0.1) is 0 Å². The van der Waals surface area contributed by atoms with Crippen LogP contribution in [0.1, 0.15) is 95.2 Å². The van der Waals surface area contributed by atoms with Crippen molar-refractivity contribution in [1.82, 2.24) is 24.9 Å². The van der Waals surface area contributed by atoms with E-state index in [-0.39, 0.29) is 41.6 Å². The third kappa shape index (κ3) is 8.58. The number of carbonyl (C=O) groups excluding carboxylic acids is 4. The van der Waals surface area contributed by atoms with Crippen LogP contribution in [-0.4, -0.2) is 86.9 Å². The number of nitrogens with one attached hydrogen (secondary N) is 2. The van der Waals surface area contributed by atoms with Gasteiger partial charge in [0.1, 0.15) is 29.2 Å². The Kier molecular flexibility index (Phi) is 10.5. The first kappa shape index (κ1) is 37.1. The number of alkyl halides is 3. The van der Waals surface area contributed by atoms with E-state index in [1.807, 2.05) is 13.8 Å². The molecule has 50 heavy (non-hydrogen) atoms. The molecule has 5 rings (SSSR count). The van der Waals surface area contributed by atoms with Crippen LogP contribution in [0.5, 0.6) is 0 Å². The van der Waals surface area contributed by atoms with E-state index in [0.717, 1.165) is 36.6 Å². The average Bonchev–Trinajstić information content (AvgIpc) is 3.98. The highest BCUT2D eigenvalue weighted by molar-refractivity contribution is 6.01. The Bertz CT molecular complexity index is 1580. The second-order valence-electron chi connectivity index (χ2n) is 14.9. The summed E-state index contributed by atoms with van der Waals surface area (Å²) in [7, 11) is 0. The minimum atomic E-state index is -4.84. The predicted molar refractivity (Wildman–Crippen MR) is 176 cm³/mol. The van der Waals surface area contributed by atoms with E-state index in [0.29, 0.717) is 10.6 Å². The van der Waals surface area contributed by atoms with Crippen LogP contribution >= 0.6 is 0 Å². The molecule has 3 atom stereocenters. The molecule has 4 amide bonds. The Hall–Kier alpha value is -4.17. The van der Waals surface area contributed by atoms with Crippen LogP contribution in [0.15, 0.2) is 30.5 Å². The maximum absolute atomic E-state index is 15.6. The van der Waals surface area contributed by atoms with Crippen LogP contribution in [0.4, 0.5) is 28.0 Å². The van der Waals surface area contributed by atoms with Gasteiger partial charge in [-0.25, -0.2) is 9.18 Å². The van der Waals surface area contributed by atoms with Gasteiger partial charge in [0.25, 0.3) is 5.91 Å². The van der Waals surface area contributed by atoms with E-state index in [1.54, 1.807) is 31.5 Å². The number of piperazine rings is 1. The number of hydrogen-bond acceptors (Lipinski definition) is 6. The number of rotatable bonds is 10. The normalized spacial score (nSPS) is 19.7. The number of halogens is 4. The zero-order valence-corrected chi connectivity index (χ0v) is 29.2. The van der Waals surface area contributed by atoms with Crippen LogP contribution in [0.3, 0.4) is 0 Å². The van der Waals surface area contributed by atoms with Gasteiger partial charge < -0.3 is 25.2 Å². The van der Waals surface area contributed by atoms with E-state index in [1.165, 1.54) is 25.3 Å². The van der Waals surface area contributed by atoms with Crippen LogP contribution < -0.4 is 10.6 Å². The first-order valence-electron chi connectivity index (χ1n) is 17.2. The fraction of sp³-hybridized carbons (Fsp3) is 0.629. The van der Waals surface area contributed by atoms with Gasteiger partial charge in [-0.05, 0) is 109 Å². The molecule has 2 saturated carbocycles. The molecule has 1 saturated heterocycles. The van der Waals surface area contributed by atoms with Gasteiger partial charge in [-0.3, -0.25) is 19.1 Å². The van der Waals surface area contributed by atoms with Crippen LogP contribution in [0, 0.1) is 23.6 Å². The van der Waals surface area contributed by atoms with Crippen LogP contribution in [0.25, 0.3) is 0 Å². The number of hydrogen-bond donors (Lipinski definition) is 2. The smallest absolute Gasteiger partial charge is 0.410 e. The zero-order valence-electron chi connectivity index (χ0n) is 29.2. The molecule has 0 bridgehead atoms. The lowest BCUT2D eigenvalue weighted by atomic mass is 9.88. The Morgan fingerprint density at radius 1 is 0.960 bits per heavy atom. The molecule has 0 radical (unpaired) electrons. The molecule has 2 aliphatic carbocycles. The molecular weight excluding hydrogens is 660 g/mol. The predicted octanol–water partition coefficient (Wildman–Crippen LogP) is 5.89. The third-order valence-corrected chi connectivity index (χ3v) is 9.49. The summed E-state index contributed by atoms with van der Waals surface area (Å²) in [5, 5.41) is 9.74. The number of nitrogens with zero attached hydrogens (tertiary/aromatic N) is 4. The largest absolute Gasteiger partial charge is 0.444 e. The van der Waals surface area contributed by atoms with E-state index < -0.39 is 72.5 Å². The SMILES string of the molecule is CC(C(=O)N1CCN(C(=O)OC(C)(C)C)CC1C(F)(F)F)c1ccc(NC(=O)C(NC(=O)c2ccnn2C(C)C)C(C2CC2)C2CC2)c(F)c1. The molecule has 15 heteroatoms. The number of carbonyl (C=O) groups is 4. The van der Waals surface area contributed by atoms with Gasteiger partial charge in [0.15, 0.2) is 0 Å². The lowest BCUT2D eigenvalue weighted by Gasteiger charge is -2.43. The number of aromatic nitrogens is 2. The Morgan fingerprint density at radius 3 is 2.14 bits per heavy atom. The summed E-state index contributed by atoms with van der Waals surface area (Å²) in [6, 6.07) is 1.94. The van der Waals surface area contributed by atoms with E-state index in [2.05, 4.69) is 15.7 Å². The summed E-state index contributed by atoms with van der Waals surface area (Å²) in [5.41, 5.74) is -0.683. The van der Waals surface area contributed by atoms with Gasteiger partial charge >= 0.3 is 12.3 Å². The van der Waals surface area contributed by atoms with E-state index in [9.17, 15) is 32.3 Å². The molecule has 11 nitrogen and oxygen atoms in total. The van der Waals surface area contributed by atoms with Gasteiger partial charge in [0, 0.05) is 25.3 Å². The molecule has 1 aromatic carbocycles. The van der Waals surface area contributed by atoms with Crippen molar-refractivity contribution in [2.45, 2.75) is 103 Å². The maximum atomic E-state index is 15.6. The van der Waals surface area contributed by atoms with Crippen LogP contribution in [0.2, 0.25) is 0 Å². The van der Waals surface area contributed by atoms with Crippen molar-refractivity contribution in [3.63, 3.8) is 0 Å². The summed E-state index contributed by atoms with van der Waals surface area (Å²) in [4.78, 5) is 54.8. The number of ether oxygens (including phenoxy) is 1. The van der Waals surface area contributed by atoms with E-state index in [4.69, 9.17) is 4.74 Å². The molecule has 2 aromatic rings. The highest BCUT2D eigenvalue weighted by Crippen LogP contribution is 2.51. The first-order valence-corrected chi connectivity index (χ1v) is 17.2. The summed E-state index contributed by atoms with van der Waals surface area (Å²) < 4.78 is 64.9. The quantitative estimate of drug-likeness (QED) is 0.297. The van der Waals surface area contributed by atoms with Crippen molar-refractivity contribution in [2.24, 2.45) is 17.8 Å². The summed E-state index contributed by atoms with van der Waals surface area (Å²) in [5.74, 6) is -3.56. The van der Waals surface area contributed by atoms with Crippen LogP contribution in [-0.2, 0) is 14.3 Å². The monoisotopic (exact) mass is 706 g/mol. The molecule has 1 aromatic heterocycles. The minimum absolute atomic E-state index is 0.0937. The summed E-state index contributed by atoms with van der Waals surface area (Å²) >= 11 is 0. The lowest BCUT2D eigenvalue weighted by Crippen LogP contribution is -2.62. The molecule has 1 aliphatic heterocycles. The van der Waals surface area contributed by atoms with Crippen molar-refractivity contribution < 1.29 is 41.5 Å². The number of amides is 4. The standard InChI is InChI=1S/C35H46F4N6O5/c1-19(2)45-26(13-14-40-45)30(46)42-29(28(21-7-8-21)22-9-10-22)31(47)41-25-12-11-23(17-24(25)36)20(3)32(48)44-16-15-43(18-27(44)35(37,38)39)33(49)50-34(4,5)6/h11-14,17,19-22,27-29H,7-10,15-16,18H2,1-6H3,(H,41,47)(H,42,46). The Balaban J connectivity index is 1.30. The summed E-state index contributed by atoms with van der Waals surface area (Å²) in [6.45, 7) is 8.60. The topological polar surface area (TPSA) is 126 Å². The highest BCUT2D eigenvalue weighted by atomic mass is 19.4. The number of benzene rings is 1. The van der Waals surface area contributed by atoms with Crippen molar-refractivity contribution in [1.29, 1.82) is 0 Å². The molecule has 3 unspecified atom stereocenters. The second kappa shape index (κ2) is 14.2. The van der Waals surface area contributed by atoms with Gasteiger partial charge in [-0.2, -0.15) is 18.3 Å².